The SMILES string of the molecule is C[C@@H](NC(=O)CS(=O)(=O)Cc1cccc(Br)c1)c1ccc(F)c(F)c1. The molecule has 0 aliphatic heterocycles. The van der Waals surface area contributed by atoms with Crippen molar-refractivity contribution in [1.29, 1.82) is 0 Å². The average molecular weight is 432 g/mol. The minimum Gasteiger partial charge on any atom is -0.349 e. The van der Waals surface area contributed by atoms with Gasteiger partial charge in [-0.1, -0.05) is 34.1 Å². The number of hydrogen-bond acceptors (Lipinski definition) is 3. The lowest BCUT2D eigenvalue weighted by Crippen LogP contribution is -2.32. The molecule has 0 aliphatic carbocycles. The van der Waals surface area contributed by atoms with Gasteiger partial charge in [0.25, 0.3) is 0 Å². The summed E-state index contributed by atoms with van der Waals surface area (Å²) < 4.78 is 51.2. The molecule has 25 heavy (non-hydrogen) atoms. The molecule has 2 aromatic carbocycles. The highest BCUT2D eigenvalue weighted by molar-refractivity contribution is 9.10. The summed E-state index contributed by atoms with van der Waals surface area (Å²) in [6, 6.07) is 9.41. The van der Waals surface area contributed by atoms with Gasteiger partial charge in [-0.3, -0.25) is 4.79 Å². The summed E-state index contributed by atoms with van der Waals surface area (Å²) >= 11 is 3.26. The zero-order valence-corrected chi connectivity index (χ0v) is 15.7. The van der Waals surface area contributed by atoms with Crippen molar-refractivity contribution in [3.63, 3.8) is 0 Å². The van der Waals surface area contributed by atoms with E-state index in [1.165, 1.54) is 6.07 Å². The van der Waals surface area contributed by atoms with Crippen molar-refractivity contribution in [2.45, 2.75) is 18.7 Å². The lowest BCUT2D eigenvalue weighted by atomic mass is 10.1. The van der Waals surface area contributed by atoms with Crippen LogP contribution >= 0.6 is 15.9 Å². The summed E-state index contributed by atoms with van der Waals surface area (Å²) in [5.74, 6) is -3.67. The van der Waals surface area contributed by atoms with Gasteiger partial charge in [-0.15, -0.1) is 0 Å². The first kappa shape index (κ1) is 19.5. The fourth-order valence-electron chi connectivity index (χ4n) is 2.28. The molecule has 0 radical (unpaired) electrons. The number of amides is 1. The zero-order chi connectivity index (χ0) is 18.6. The molecule has 2 aromatic rings. The maximum absolute atomic E-state index is 13.2. The van der Waals surface area contributed by atoms with Crippen molar-refractivity contribution in [2.75, 3.05) is 5.75 Å². The predicted molar refractivity (Wildman–Crippen MR) is 94.5 cm³/mol. The third-order valence-electron chi connectivity index (χ3n) is 3.45. The first-order chi connectivity index (χ1) is 11.7. The minimum atomic E-state index is -3.66. The Bertz CT molecular complexity index is 887. The summed E-state index contributed by atoms with van der Waals surface area (Å²) in [4.78, 5) is 12.0. The molecule has 0 aliphatic rings. The number of carbonyl (C=O) groups excluding carboxylic acids is 1. The molecular weight excluding hydrogens is 416 g/mol. The maximum atomic E-state index is 13.2. The predicted octanol–water partition coefficient (Wildman–Crippen LogP) is 3.52. The number of carbonyl (C=O) groups is 1. The Hall–Kier alpha value is -1.80. The van der Waals surface area contributed by atoms with Gasteiger partial charge in [0, 0.05) is 4.47 Å². The van der Waals surface area contributed by atoms with Crippen LogP contribution < -0.4 is 5.32 Å². The van der Waals surface area contributed by atoms with Crippen LogP contribution in [0.15, 0.2) is 46.9 Å². The fourth-order valence-corrected chi connectivity index (χ4v) is 4.00. The van der Waals surface area contributed by atoms with E-state index in [1.807, 2.05) is 0 Å². The maximum Gasteiger partial charge on any atom is 0.235 e. The summed E-state index contributed by atoms with van der Waals surface area (Å²) in [6.07, 6.45) is 0. The van der Waals surface area contributed by atoms with Gasteiger partial charge >= 0.3 is 0 Å². The molecule has 1 amide bonds. The fraction of sp³-hybridized carbons (Fsp3) is 0.235. The molecular formula is C17H16BrF2NO3S. The average Bonchev–Trinajstić information content (AvgIpc) is 2.48. The highest BCUT2D eigenvalue weighted by Crippen LogP contribution is 2.17. The van der Waals surface area contributed by atoms with Gasteiger partial charge in [0.05, 0.1) is 11.8 Å². The van der Waals surface area contributed by atoms with E-state index in [-0.39, 0.29) is 5.75 Å². The van der Waals surface area contributed by atoms with E-state index in [0.29, 0.717) is 11.1 Å². The molecule has 4 nitrogen and oxygen atoms in total. The van der Waals surface area contributed by atoms with Gasteiger partial charge in [-0.05, 0) is 42.3 Å². The molecule has 2 rings (SSSR count). The highest BCUT2D eigenvalue weighted by Gasteiger charge is 2.20. The molecule has 0 spiro atoms. The Morgan fingerprint density at radius 2 is 1.88 bits per heavy atom. The molecule has 0 unspecified atom stereocenters. The van der Waals surface area contributed by atoms with E-state index in [2.05, 4.69) is 21.2 Å². The van der Waals surface area contributed by atoms with Crippen LogP contribution in [-0.2, 0) is 20.4 Å². The molecule has 0 aromatic heterocycles. The lowest BCUT2D eigenvalue weighted by Gasteiger charge is -2.15. The molecule has 0 saturated heterocycles. The van der Waals surface area contributed by atoms with Crippen molar-refractivity contribution in [3.8, 4) is 0 Å². The van der Waals surface area contributed by atoms with Crippen LogP contribution in [0.2, 0.25) is 0 Å². The van der Waals surface area contributed by atoms with E-state index < -0.39 is 39.2 Å². The van der Waals surface area contributed by atoms with E-state index >= 15 is 0 Å². The van der Waals surface area contributed by atoms with Crippen molar-refractivity contribution in [1.82, 2.24) is 5.32 Å². The minimum absolute atomic E-state index is 0.264. The van der Waals surface area contributed by atoms with Gasteiger partial charge in [-0.2, -0.15) is 0 Å². The second kappa shape index (κ2) is 8.05. The Morgan fingerprint density at radius 1 is 1.16 bits per heavy atom. The van der Waals surface area contributed by atoms with Crippen molar-refractivity contribution in [2.24, 2.45) is 0 Å². The van der Waals surface area contributed by atoms with E-state index in [0.717, 1.165) is 16.6 Å². The van der Waals surface area contributed by atoms with E-state index in [4.69, 9.17) is 0 Å². The Balaban J connectivity index is 1.99. The molecule has 134 valence electrons. The van der Waals surface area contributed by atoms with Crippen LogP contribution in [0.1, 0.15) is 24.1 Å². The summed E-state index contributed by atoms with van der Waals surface area (Å²) in [7, 11) is -3.66. The van der Waals surface area contributed by atoms with Crippen LogP contribution in [0.25, 0.3) is 0 Å². The first-order valence-corrected chi connectivity index (χ1v) is 9.97. The van der Waals surface area contributed by atoms with Crippen LogP contribution in [-0.4, -0.2) is 20.1 Å². The lowest BCUT2D eigenvalue weighted by molar-refractivity contribution is -0.119. The molecule has 0 bridgehead atoms. The highest BCUT2D eigenvalue weighted by atomic mass is 79.9. The number of hydrogen-bond donors (Lipinski definition) is 1. The number of nitrogens with one attached hydrogen (secondary N) is 1. The topological polar surface area (TPSA) is 63.2 Å². The quantitative estimate of drug-likeness (QED) is 0.760. The summed E-state index contributed by atoms with van der Waals surface area (Å²) in [6.45, 7) is 1.56. The summed E-state index contributed by atoms with van der Waals surface area (Å²) in [5.41, 5.74) is 0.910. The number of sulfone groups is 1. The molecule has 0 saturated carbocycles. The second-order valence-corrected chi connectivity index (χ2v) is 8.61. The van der Waals surface area contributed by atoms with Gasteiger partial charge in [0.1, 0.15) is 5.75 Å². The zero-order valence-electron chi connectivity index (χ0n) is 13.3. The standard InChI is InChI=1S/C17H16BrF2NO3S/c1-11(13-5-6-15(19)16(20)8-13)21-17(22)10-25(23,24)9-12-3-2-4-14(18)7-12/h2-8,11H,9-10H2,1H3,(H,21,22)/t11-/m1/s1. The number of benzene rings is 2. The third kappa shape index (κ3) is 5.89. The van der Waals surface area contributed by atoms with Gasteiger partial charge in [0.2, 0.25) is 5.91 Å². The monoisotopic (exact) mass is 431 g/mol. The van der Waals surface area contributed by atoms with Crippen LogP contribution in [0.4, 0.5) is 8.78 Å². The number of halogens is 3. The van der Waals surface area contributed by atoms with E-state index in [1.54, 1.807) is 31.2 Å². The Labute approximate surface area is 153 Å². The smallest absolute Gasteiger partial charge is 0.235 e. The van der Waals surface area contributed by atoms with Crippen LogP contribution in [0, 0.1) is 11.6 Å². The largest absolute Gasteiger partial charge is 0.349 e. The summed E-state index contributed by atoms with van der Waals surface area (Å²) in [5, 5.41) is 2.48. The van der Waals surface area contributed by atoms with Crippen molar-refractivity contribution >= 4 is 31.7 Å². The molecule has 8 heteroatoms. The van der Waals surface area contributed by atoms with Crippen LogP contribution in [0.3, 0.4) is 0 Å². The molecule has 1 atom stereocenters. The van der Waals surface area contributed by atoms with Gasteiger partial charge in [-0.25, -0.2) is 17.2 Å². The van der Waals surface area contributed by atoms with Crippen molar-refractivity contribution in [3.05, 3.63) is 69.7 Å². The van der Waals surface area contributed by atoms with E-state index in [9.17, 15) is 22.0 Å². The molecule has 0 fully saturated rings. The first-order valence-electron chi connectivity index (χ1n) is 7.35. The van der Waals surface area contributed by atoms with Gasteiger partial charge in [0.15, 0.2) is 21.5 Å². The molecule has 1 N–H and O–H groups in total. The Morgan fingerprint density at radius 3 is 2.52 bits per heavy atom. The molecule has 0 heterocycles. The second-order valence-electron chi connectivity index (χ2n) is 5.62. The Kier molecular flexibility index (Phi) is 6.29. The van der Waals surface area contributed by atoms with Crippen molar-refractivity contribution < 1.29 is 22.0 Å². The normalized spacial score (nSPS) is 12.6. The number of rotatable bonds is 6. The van der Waals surface area contributed by atoms with Gasteiger partial charge < -0.3 is 5.32 Å². The third-order valence-corrected chi connectivity index (χ3v) is 5.42. The van der Waals surface area contributed by atoms with Crippen LogP contribution in [0.5, 0.6) is 0 Å².